The first-order valence-corrected chi connectivity index (χ1v) is 5.19. The zero-order chi connectivity index (χ0) is 11.8. The molecule has 0 radical (unpaired) electrons. The van der Waals surface area contributed by atoms with Gasteiger partial charge >= 0.3 is 0 Å². The SMILES string of the molecule is CCCOCC(=O)Nc1ccc(C=O)cc1. The van der Waals surface area contributed by atoms with Crippen LogP contribution in [0.3, 0.4) is 0 Å². The summed E-state index contributed by atoms with van der Waals surface area (Å²) in [5, 5.41) is 2.67. The molecule has 0 fully saturated rings. The summed E-state index contributed by atoms with van der Waals surface area (Å²) >= 11 is 0. The number of hydrogen-bond acceptors (Lipinski definition) is 3. The van der Waals surface area contributed by atoms with Gasteiger partial charge in [-0.3, -0.25) is 9.59 Å². The molecule has 0 spiro atoms. The van der Waals surface area contributed by atoms with Crippen LogP contribution in [0.1, 0.15) is 23.7 Å². The molecule has 4 heteroatoms. The maximum Gasteiger partial charge on any atom is 0.250 e. The Bertz CT molecular complexity index is 346. The van der Waals surface area contributed by atoms with Crippen LogP contribution in [0.2, 0.25) is 0 Å². The Morgan fingerprint density at radius 1 is 1.38 bits per heavy atom. The van der Waals surface area contributed by atoms with Crippen molar-refractivity contribution in [2.24, 2.45) is 0 Å². The largest absolute Gasteiger partial charge is 0.372 e. The molecule has 0 saturated heterocycles. The Kier molecular flexibility index (Phi) is 5.22. The molecule has 0 heterocycles. The summed E-state index contributed by atoms with van der Waals surface area (Å²) in [6, 6.07) is 6.66. The highest BCUT2D eigenvalue weighted by atomic mass is 16.5. The van der Waals surface area contributed by atoms with Gasteiger partial charge in [0.25, 0.3) is 0 Å². The second-order valence-corrected chi connectivity index (χ2v) is 3.34. The minimum atomic E-state index is -0.188. The molecule has 1 rings (SSSR count). The van der Waals surface area contributed by atoms with E-state index in [0.717, 1.165) is 12.7 Å². The van der Waals surface area contributed by atoms with Crippen LogP contribution >= 0.6 is 0 Å². The van der Waals surface area contributed by atoms with Crippen LogP contribution in [0.25, 0.3) is 0 Å². The fraction of sp³-hybridized carbons (Fsp3) is 0.333. The van der Waals surface area contributed by atoms with Crippen LogP contribution in [0.5, 0.6) is 0 Å². The van der Waals surface area contributed by atoms with E-state index >= 15 is 0 Å². The van der Waals surface area contributed by atoms with Gasteiger partial charge in [0.1, 0.15) is 12.9 Å². The molecule has 0 unspecified atom stereocenters. The predicted octanol–water partition coefficient (Wildman–Crippen LogP) is 1.86. The quantitative estimate of drug-likeness (QED) is 0.589. The zero-order valence-corrected chi connectivity index (χ0v) is 9.23. The molecule has 0 aliphatic rings. The van der Waals surface area contributed by atoms with Gasteiger partial charge in [-0.25, -0.2) is 0 Å². The molecule has 1 N–H and O–H groups in total. The number of anilines is 1. The predicted molar refractivity (Wildman–Crippen MR) is 61.6 cm³/mol. The van der Waals surface area contributed by atoms with E-state index in [1.54, 1.807) is 24.3 Å². The van der Waals surface area contributed by atoms with Crippen LogP contribution in [-0.2, 0) is 9.53 Å². The van der Waals surface area contributed by atoms with E-state index in [0.29, 0.717) is 17.9 Å². The van der Waals surface area contributed by atoms with Gasteiger partial charge in [0.05, 0.1) is 0 Å². The van der Waals surface area contributed by atoms with Crippen molar-refractivity contribution >= 4 is 17.9 Å². The second-order valence-electron chi connectivity index (χ2n) is 3.34. The summed E-state index contributed by atoms with van der Waals surface area (Å²) < 4.78 is 5.09. The van der Waals surface area contributed by atoms with Crippen molar-refractivity contribution in [1.82, 2.24) is 0 Å². The highest BCUT2D eigenvalue weighted by Crippen LogP contribution is 2.07. The molecule has 0 bridgehead atoms. The number of hydrogen-bond donors (Lipinski definition) is 1. The Labute approximate surface area is 94.6 Å². The number of rotatable bonds is 6. The molecule has 0 aliphatic carbocycles. The number of ether oxygens (including phenoxy) is 1. The summed E-state index contributed by atoms with van der Waals surface area (Å²) in [7, 11) is 0. The lowest BCUT2D eigenvalue weighted by Gasteiger charge is -2.05. The monoisotopic (exact) mass is 221 g/mol. The summed E-state index contributed by atoms with van der Waals surface area (Å²) in [6.45, 7) is 2.62. The number of aldehydes is 1. The topological polar surface area (TPSA) is 55.4 Å². The number of benzene rings is 1. The molecular formula is C12H15NO3. The van der Waals surface area contributed by atoms with Crippen molar-refractivity contribution in [1.29, 1.82) is 0 Å². The third-order valence-electron chi connectivity index (χ3n) is 1.91. The Morgan fingerprint density at radius 3 is 2.62 bits per heavy atom. The summed E-state index contributed by atoms with van der Waals surface area (Å²) in [6.07, 6.45) is 1.65. The van der Waals surface area contributed by atoms with E-state index in [4.69, 9.17) is 4.74 Å². The lowest BCUT2D eigenvalue weighted by Crippen LogP contribution is -2.18. The van der Waals surface area contributed by atoms with E-state index < -0.39 is 0 Å². The molecule has 86 valence electrons. The van der Waals surface area contributed by atoms with Crippen molar-refractivity contribution < 1.29 is 14.3 Å². The van der Waals surface area contributed by atoms with Gasteiger partial charge in [0.15, 0.2) is 0 Å². The van der Waals surface area contributed by atoms with Crippen LogP contribution in [-0.4, -0.2) is 25.4 Å². The van der Waals surface area contributed by atoms with E-state index in [-0.39, 0.29) is 12.5 Å². The minimum Gasteiger partial charge on any atom is -0.372 e. The fourth-order valence-corrected chi connectivity index (χ4v) is 1.15. The van der Waals surface area contributed by atoms with E-state index in [2.05, 4.69) is 5.32 Å². The van der Waals surface area contributed by atoms with Gasteiger partial charge in [0.2, 0.25) is 5.91 Å². The summed E-state index contributed by atoms with van der Waals surface area (Å²) in [5.41, 5.74) is 1.25. The van der Waals surface area contributed by atoms with Crippen LogP contribution in [0.15, 0.2) is 24.3 Å². The number of amides is 1. The van der Waals surface area contributed by atoms with Crippen molar-refractivity contribution in [3.8, 4) is 0 Å². The summed E-state index contributed by atoms with van der Waals surface area (Å²) in [4.78, 5) is 21.7. The van der Waals surface area contributed by atoms with Crippen LogP contribution in [0.4, 0.5) is 5.69 Å². The lowest BCUT2D eigenvalue weighted by molar-refractivity contribution is -0.120. The molecule has 1 amide bonds. The van der Waals surface area contributed by atoms with Gasteiger partial charge in [-0.15, -0.1) is 0 Å². The van der Waals surface area contributed by atoms with E-state index in [1.807, 2.05) is 6.92 Å². The molecular weight excluding hydrogens is 206 g/mol. The maximum atomic E-state index is 11.3. The van der Waals surface area contributed by atoms with Gasteiger partial charge in [-0.2, -0.15) is 0 Å². The highest BCUT2D eigenvalue weighted by Gasteiger charge is 2.01. The molecule has 0 saturated carbocycles. The second kappa shape index (κ2) is 6.74. The molecule has 4 nitrogen and oxygen atoms in total. The molecule has 0 aliphatic heterocycles. The van der Waals surface area contributed by atoms with Crippen LogP contribution in [0, 0.1) is 0 Å². The number of carbonyl (C=O) groups is 2. The molecule has 1 aromatic carbocycles. The summed E-state index contributed by atoms with van der Waals surface area (Å²) in [5.74, 6) is -0.188. The van der Waals surface area contributed by atoms with Gasteiger partial charge in [-0.1, -0.05) is 6.92 Å². The first kappa shape index (κ1) is 12.4. The third-order valence-corrected chi connectivity index (χ3v) is 1.91. The standard InChI is InChI=1S/C12H15NO3/c1-2-7-16-9-12(15)13-11-5-3-10(8-14)4-6-11/h3-6,8H,2,7,9H2,1H3,(H,13,15). The number of nitrogens with one attached hydrogen (secondary N) is 1. The van der Waals surface area contributed by atoms with E-state index in [9.17, 15) is 9.59 Å². The van der Waals surface area contributed by atoms with Crippen molar-refractivity contribution in [3.05, 3.63) is 29.8 Å². The van der Waals surface area contributed by atoms with Gasteiger partial charge in [0, 0.05) is 17.9 Å². The van der Waals surface area contributed by atoms with Crippen molar-refractivity contribution in [2.45, 2.75) is 13.3 Å². The molecule has 0 aromatic heterocycles. The first-order chi connectivity index (χ1) is 7.76. The third kappa shape index (κ3) is 4.23. The maximum absolute atomic E-state index is 11.3. The zero-order valence-electron chi connectivity index (χ0n) is 9.23. The Hall–Kier alpha value is -1.68. The van der Waals surface area contributed by atoms with Gasteiger partial charge < -0.3 is 10.1 Å². The molecule has 0 atom stereocenters. The van der Waals surface area contributed by atoms with Crippen molar-refractivity contribution in [2.75, 3.05) is 18.5 Å². The Balaban J connectivity index is 2.40. The van der Waals surface area contributed by atoms with E-state index in [1.165, 1.54) is 0 Å². The van der Waals surface area contributed by atoms with Crippen LogP contribution < -0.4 is 5.32 Å². The first-order valence-electron chi connectivity index (χ1n) is 5.19. The molecule has 1 aromatic rings. The smallest absolute Gasteiger partial charge is 0.250 e. The Morgan fingerprint density at radius 2 is 2.06 bits per heavy atom. The normalized spacial score (nSPS) is 9.81. The lowest BCUT2D eigenvalue weighted by atomic mass is 10.2. The highest BCUT2D eigenvalue weighted by molar-refractivity contribution is 5.92. The fourth-order valence-electron chi connectivity index (χ4n) is 1.15. The van der Waals surface area contributed by atoms with Gasteiger partial charge in [-0.05, 0) is 30.7 Å². The average molecular weight is 221 g/mol. The number of carbonyl (C=O) groups excluding carboxylic acids is 2. The average Bonchev–Trinajstić information content (AvgIpc) is 2.30. The molecule has 16 heavy (non-hydrogen) atoms. The minimum absolute atomic E-state index is 0.0588. The van der Waals surface area contributed by atoms with Crippen molar-refractivity contribution in [3.63, 3.8) is 0 Å².